The molecule has 1 saturated heterocycles. The number of ether oxygens (including phenoxy) is 1. The standard InChI is InChI=1S/C19H28N2O3/c1-14(2)12-20(9-10-24-4)19(23)16-11-18(22)21(13-16)17-7-5-15(3)6-8-17/h5-8,14,16H,9-13H2,1-4H3/t16-/m0/s1. The Hall–Kier alpha value is -1.88. The van der Waals surface area contributed by atoms with Crippen LogP contribution < -0.4 is 4.90 Å². The fraction of sp³-hybridized carbons (Fsp3) is 0.579. The van der Waals surface area contributed by atoms with E-state index in [2.05, 4.69) is 13.8 Å². The average molecular weight is 332 g/mol. The van der Waals surface area contributed by atoms with Crippen LogP contribution in [0.15, 0.2) is 24.3 Å². The van der Waals surface area contributed by atoms with Gasteiger partial charge in [0.25, 0.3) is 0 Å². The first kappa shape index (κ1) is 18.5. The third-order valence-electron chi connectivity index (χ3n) is 4.28. The van der Waals surface area contributed by atoms with Gasteiger partial charge in [-0.25, -0.2) is 0 Å². The molecule has 132 valence electrons. The van der Waals surface area contributed by atoms with Gasteiger partial charge in [-0.2, -0.15) is 0 Å². The molecule has 1 heterocycles. The number of benzene rings is 1. The molecule has 1 fully saturated rings. The van der Waals surface area contributed by atoms with E-state index in [0.717, 1.165) is 11.3 Å². The van der Waals surface area contributed by atoms with Crippen molar-refractivity contribution in [1.29, 1.82) is 0 Å². The second-order valence-electron chi connectivity index (χ2n) is 6.91. The highest BCUT2D eigenvalue weighted by atomic mass is 16.5. The quantitative estimate of drug-likeness (QED) is 0.771. The first-order valence-electron chi connectivity index (χ1n) is 8.57. The largest absolute Gasteiger partial charge is 0.383 e. The summed E-state index contributed by atoms with van der Waals surface area (Å²) in [5.74, 6) is 0.197. The third-order valence-corrected chi connectivity index (χ3v) is 4.28. The van der Waals surface area contributed by atoms with Gasteiger partial charge >= 0.3 is 0 Å². The molecule has 0 saturated carbocycles. The minimum Gasteiger partial charge on any atom is -0.383 e. The monoisotopic (exact) mass is 332 g/mol. The Kier molecular flexibility index (Phi) is 6.37. The summed E-state index contributed by atoms with van der Waals surface area (Å²) in [5.41, 5.74) is 2.02. The Morgan fingerprint density at radius 3 is 2.58 bits per heavy atom. The highest BCUT2D eigenvalue weighted by molar-refractivity contribution is 6.00. The molecule has 0 bridgehead atoms. The number of carbonyl (C=O) groups excluding carboxylic acids is 2. The molecule has 1 aliphatic rings. The van der Waals surface area contributed by atoms with Gasteiger partial charge in [-0.15, -0.1) is 0 Å². The molecule has 5 nitrogen and oxygen atoms in total. The van der Waals surface area contributed by atoms with Crippen molar-refractivity contribution in [1.82, 2.24) is 4.90 Å². The Balaban J connectivity index is 2.07. The predicted octanol–water partition coefficient (Wildman–Crippen LogP) is 2.48. The maximum Gasteiger partial charge on any atom is 0.228 e. The molecular formula is C19H28N2O3. The highest BCUT2D eigenvalue weighted by Crippen LogP contribution is 2.26. The summed E-state index contributed by atoms with van der Waals surface area (Å²) in [7, 11) is 1.64. The minimum atomic E-state index is -0.269. The van der Waals surface area contributed by atoms with Crippen molar-refractivity contribution in [2.45, 2.75) is 27.2 Å². The Morgan fingerprint density at radius 2 is 2.00 bits per heavy atom. The van der Waals surface area contributed by atoms with Crippen LogP contribution in [0.25, 0.3) is 0 Å². The van der Waals surface area contributed by atoms with Crippen LogP contribution in [0, 0.1) is 18.8 Å². The molecule has 1 aromatic rings. The Bertz CT molecular complexity index is 568. The van der Waals surface area contributed by atoms with Gasteiger partial charge in [0.15, 0.2) is 0 Å². The van der Waals surface area contributed by atoms with E-state index in [1.807, 2.05) is 36.1 Å². The summed E-state index contributed by atoms with van der Waals surface area (Å²) in [6, 6.07) is 7.86. The van der Waals surface area contributed by atoms with Crippen LogP contribution in [-0.2, 0) is 14.3 Å². The highest BCUT2D eigenvalue weighted by Gasteiger charge is 2.37. The van der Waals surface area contributed by atoms with Gasteiger partial charge in [-0.3, -0.25) is 9.59 Å². The third kappa shape index (κ3) is 4.57. The predicted molar refractivity (Wildman–Crippen MR) is 94.9 cm³/mol. The zero-order valence-corrected chi connectivity index (χ0v) is 15.1. The van der Waals surface area contributed by atoms with E-state index in [-0.39, 0.29) is 24.2 Å². The molecule has 0 radical (unpaired) electrons. The van der Waals surface area contributed by atoms with Crippen molar-refractivity contribution >= 4 is 17.5 Å². The number of anilines is 1. The molecule has 0 spiro atoms. The maximum absolute atomic E-state index is 12.9. The van der Waals surface area contributed by atoms with Gasteiger partial charge in [0.1, 0.15) is 0 Å². The summed E-state index contributed by atoms with van der Waals surface area (Å²) in [6.45, 7) is 8.43. The lowest BCUT2D eigenvalue weighted by atomic mass is 10.1. The number of aryl methyl sites for hydroxylation is 1. The first-order chi connectivity index (χ1) is 11.4. The van der Waals surface area contributed by atoms with Crippen molar-refractivity contribution in [2.24, 2.45) is 11.8 Å². The van der Waals surface area contributed by atoms with E-state index in [9.17, 15) is 9.59 Å². The van der Waals surface area contributed by atoms with Gasteiger partial charge in [0, 0.05) is 38.9 Å². The number of methoxy groups -OCH3 is 1. The van der Waals surface area contributed by atoms with Gasteiger partial charge in [-0.1, -0.05) is 31.5 Å². The summed E-state index contributed by atoms with van der Waals surface area (Å²) in [6.07, 6.45) is 0.286. The van der Waals surface area contributed by atoms with Crippen LogP contribution in [0.2, 0.25) is 0 Å². The second-order valence-corrected chi connectivity index (χ2v) is 6.91. The van der Waals surface area contributed by atoms with Crippen LogP contribution in [0.4, 0.5) is 5.69 Å². The Morgan fingerprint density at radius 1 is 1.33 bits per heavy atom. The molecule has 1 aliphatic heterocycles. The van der Waals surface area contributed by atoms with Gasteiger partial charge in [0.2, 0.25) is 11.8 Å². The van der Waals surface area contributed by atoms with E-state index in [0.29, 0.717) is 32.2 Å². The lowest BCUT2D eigenvalue weighted by Crippen LogP contribution is -2.41. The van der Waals surface area contributed by atoms with Crippen molar-refractivity contribution in [3.8, 4) is 0 Å². The Labute approximate surface area is 144 Å². The van der Waals surface area contributed by atoms with E-state index in [4.69, 9.17) is 4.74 Å². The number of carbonyl (C=O) groups is 2. The molecular weight excluding hydrogens is 304 g/mol. The van der Waals surface area contributed by atoms with Crippen molar-refractivity contribution in [3.63, 3.8) is 0 Å². The van der Waals surface area contributed by atoms with Gasteiger partial charge in [0.05, 0.1) is 12.5 Å². The van der Waals surface area contributed by atoms with Crippen LogP contribution >= 0.6 is 0 Å². The zero-order chi connectivity index (χ0) is 17.7. The summed E-state index contributed by atoms with van der Waals surface area (Å²) in [5, 5.41) is 0. The molecule has 0 N–H and O–H groups in total. The molecule has 24 heavy (non-hydrogen) atoms. The van der Waals surface area contributed by atoms with Crippen LogP contribution in [0.5, 0.6) is 0 Å². The number of hydrogen-bond acceptors (Lipinski definition) is 3. The van der Waals surface area contributed by atoms with Crippen molar-refractivity contribution < 1.29 is 14.3 Å². The lowest BCUT2D eigenvalue weighted by Gasteiger charge is -2.27. The van der Waals surface area contributed by atoms with Crippen LogP contribution in [-0.4, -0.2) is 50.1 Å². The summed E-state index contributed by atoms with van der Waals surface area (Å²) < 4.78 is 5.12. The van der Waals surface area contributed by atoms with Crippen molar-refractivity contribution in [3.05, 3.63) is 29.8 Å². The van der Waals surface area contributed by atoms with E-state index in [1.54, 1.807) is 12.0 Å². The molecule has 0 unspecified atom stereocenters. The number of hydrogen-bond donors (Lipinski definition) is 0. The summed E-state index contributed by atoms with van der Waals surface area (Å²) >= 11 is 0. The number of rotatable bonds is 7. The van der Waals surface area contributed by atoms with E-state index < -0.39 is 0 Å². The molecule has 2 amide bonds. The fourth-order valence-corrected chi connectivity index (χ4v) is 3.04. The molecule has 0 aromatic heterocycles. The number of nitrogens with zero attached hydrogens (tertiary/aromatic N) is 2. The molecule has 5 heteroatoms. The first-order valence-corrected chi connectivity index (χ1v) is 8.57. The minimum absolute atomic E-state index is 0.0217. The maximum atomic E-state index is 12.9. The average Bonchev–Trinajstić information content (AvgIpc) is 2.93. The smallest absolute Gasteiger partial charge is 0.228 e. The molecule has 1 aromatic carbocycles. The second kappa shape index (κ2) is 8.29. The van der Waals surface area contributed by atoms with Crippen LogP contribution in [0.3, 0.4) is 0 Å². The fourth-order valence-electron chi connectivity index (χ4n) is 3.04. The number of amides is 2. The molecule has 2 rings (SSSR count). The topological polar surface area (TPSA) is 49.9 Å². The van der Waals surface area contributed by atoms with E-state index in [1.165, 1.54) is 0 Å². The van der Waals surface area contributed by atoms with E-state index >= 15 is 0 Å². The summed E-state index contributed by atoms with van der Waals surface area (Å²) in [4.78, 5) is 28.8. The zero-order valence-electron chi connectivity index (χ0n) is 15.1. The van der Waals surface area contributed by atoms with Gasteiger partial charge < -0.3 is 14.5 Å². The van der Waals surface area contributed by atoms with Crippen LogP contribution in [0.1, 0.15) is 25.8 Å². The molecule has 0 aliphatic carbocycles. The SMILES string of the molecule is COCCN(CC(C)C)C(=O)[C@H]1CC(=O)N(c2ccc(C)cc2)C1. The lowest BCUT2D eigenvalue weighted by molar-refractivity contribution is -0.137. The molecule has 1 atom stereocenters. The normalized spacial score (nSPS) is 17.6. The van der Waals surface area contributed by atoms with Crippen molar-refractivity contribution in [2.75, 3.05) is 38.3 Å². The van der Waals surface area contributed by atoms with Gasteiger partial charge in [-0.05, 0) is 25.0 Å².